The van der Waals surface area contributed by atoms with Gasteiger partial charge in [0.15, 0.2) is 0 Å². The topological polar surface area (TPSA) is 106 Å². The largest absolute Gasteiger partial charge is 0.477 e. The molecule has 2 aromatic heterocycles. The Morgan fingerprint density at radius 1 is 1.65 bits per heavy atom. The van der Waals surface area contributed by atoms with E-state index in [0.29, 0.717) is 10.9 Å². The van der Waals surface area contributed by atoms with Gasteiger partial charge >= 0.3 is 5.97 Å². The molecule has 0 atom stereocenters. The molecule has 17 heavy (non-hydrogen) atoms. The third-order valence-electron chi connectivity index (χ3n) is 2.05. The minimum absolute atomic E-state index is 0.0401. The van der Waals surface area contributed by atoms with E-state index in [2.05, 4.69) is 22.0 Å². The van der Waals surface area contributed by atoms with Crippen molar-refractivity contribution in [2.24, 2.45) is 0 Å². The van der Waals surface area contributed by atoms with Crippen LogP contribution in [0.15, 0.2) is 11.4 Å². The number of aromatic carboxylic acids is 1. The van der Waals surface area contributed by atoms with Crippen molar-refractivity contribution in [2.75, 3.05) is 11.5 Å². The van der Waals surface area contributed by atoms with Crippen LogP contribution in [0.2, 0.25) is 0 Å². The summed E-state index contributed by atoms with van der Waals surface area (Å²) in [7, 11) is 0. The molecular formula is C9H11N5O2S. The van der Waals surface area contributed by atoms with Gasteiger partial charge < -0.3 is 10.8 Å². The number of nitrogens with zero attached hydrogens (tertiary/aromatic N) is 4. The van der Waals surface area contributed by atoms with E-state index in [9.17, 15) is 4.79 Å². The Morgan fingerprint density at radius 2 is 2.41 bits per heavy atom. The van der Waals surface area contributed by atoms with Gasteiger partial charge in [-0.25, -0.2) is 9.78 Å². The van der Waals surface area contributed by atoms with Crippen LogP contribution in [0.4, 0.5) is 5.82 Å². The average molecular weight is 253 g/mol. The maximum atomic E-state index is 10.9. The molecule has 2 heterocycles. The van der Waals surface area contributed by atoms with Crippen LogP contribution in [0, 0.1) is 0 Å². The number of nitrogens with two attached hydrogens (primary N) is 1. The number of hydrogen-bond donors (Lipinski definition) is 2. The highest BCUT2D eigenvalue weighted by molar-refractivity contribution is 7.99. The molecule has 0 unspecified atom stereocenters. The fraction of sp³-hybridized carbons (Fsp3) is 0.333. The lowest BCUT2D eigenvalue weighted by atomic mass is 10.3. The molecule has 0 aromatic carbocycles. The molecular weight excluding hydrogens is 242 g/mol. The first-order valence-electron chi connectivity index (χ1n) is 5.00. The zero-order valence-electron chi connectivity index (χ0n) is 9.12. The number of nitrogen functional groups attached to an aromatic ring is 1. The number of fused-ring (bicyclic) bond motifs is 1. The van der Waals surface area contributed by atoms with Crippen molar-refractivity contribution in [3.05, 3.63) is 11.8 Å². The summed E-state index contributed by atoms with van der Waals surface area (Å²) in [4.78, 5) is 18.9. The number of carbonyl (C=O) groups is 1. The van der Waals surface area contributed by atoms with E-state index < -0.39 is 5.97 Å². The highest BCUT2D eigenvalue weighted by Gasteiger charge is 2.15. The van der Waals surface area contributed by atoms with Crippen LogP contribution in [0.3, 0.4) is 0 Å². The Kier molecular flexibility index (Phi) is 3.14. The van der Waals surface area contributed by atoms with Gasteiger partial charge in [0.1, 0.15) is 11.4 Å². The summed E-state index contributed by atoms with van der Waals surface area (Å²) in [5.74, 6) is 0.113. The molecule has 0 bridgehead atoms. The molecule has 0 aliphatic carbocycles. The van der Waals surface area contributed by atoms with Crippen LogP contribution in [0.1, 0.15) is 23.7 Å². The minimum atomic E-state index is -1.13. The number of carboxylic acid groups (broad SMARTS) is 1. The molecule has 7 nitrogen and oxygen atoms in total. The molecule has 2 rings (SSSR count). The smallest absolute Gasteiger partial charge is 0.341 e. The molecule has 90 valence electrons. The third kappa shape index (κ3) is 2.16. The van der Waals surface area contributed by atoms with Crippen LogP contribution in [-0.2, 0) is 0 Å². The van der Waals surface area contributed by atoms with E-state index in [-0.39, 0.29) is 11.4 Å². The van der Waals surface area contributed by atoms with Crippen LogP contribution < -0.4 is 5.73 Å². The molecule has 0 spiro atoms. The van der Waals surface area contributed by atoms with Crippen molar-refractivity contribution >= 4 is 29.3 Å². The van der Waals surface area contributed by atoms with E-state index in [0.717, 1.165) is 12.2 Å². The van der Waals surface area contributed by atoms with Gasteiger partial charge in [0, 0.05) is 11.9 Å². The van der Waals surface area contributed by atoms with Gasteiger partial charge in [-0.3, -0.25) is 0 Å². The monoisotopic (exact) mass is 253 g/mol. The molecule has 0 fully saturated rings. The summed E-state index contributed by atoms with van der Waals surface area (Å²) in [5, 5.41) is 13.5. The van der Waals surface area contributed by atoms with Gasteiger partial charge in [0.25, 0.3) is 5.78 Å². The first-order valence-corrected chi connectivity index (χ1v) is 5.99. The van der Waals surface area contributed by atoms with Gasteiger partial charge in [-0.15, -0.1) is 5.10 Å². The van der Waals surface area contributed by atoms with Gasteiger partial charge in [-0.1, -0.05) is 18.7 Å². The van der Waals surface area contributed by atoms with Crippen LogP contribution in [-0.4, -0.2) is 36.4 Å². The molecule has 0 amide bonds. The predicted molar refractivity (Wildman–Crippen MR) is 63.2 cm³/mol. The number of hydrogen-bond acceptors (Lipinski definition) is 6. The maximum absolute atomic E-state index is 10.9. The molecule has 0 aliphatic rings. The van der Waals surface area contributed by atoms with Crippen LogP contribution in [0.25, 0.3) is 5.78 Å². The highest BCUT2D eigenvalue weighted by Crippen LogP contribution is 2.17. The van der Waals surface area contributed by atoms with Crippen molar-refractivity contribution in [1.29, 1.82) is 0 Å². The van der Waals surface area contributed by atoms with Crippen molar-refractivity contribution in [3.63, 3.8) is 0 Å². The molecule has 0 radical (unpaired) electrons. The number of aromatic nitrogens is 4. The summed E-state index contributed by atoms with van der Waals surface area (Å²) < 4.78 is 1.25. The standard InChI is InChI=1S/C9H11N5O2S/c1-2-3-17-9-12-8-11-4-5(7(15)16)6(10)14(8)13-9/h4H,2-3,10H2,1H3,(H,15,16). The normalized spacial score (nSPS) is 10.9. The quantitative estimate of drug-likeness (QED) is 0.780. The van der Waals surface area contributed by atoms with Gasteiger partial charge in [-0.05, 0) is 6.42 Å². The first kappa shape index (κ1) is 11.6. The summed E-state index contributed by atoms with van der Waals surface area (Å²) in [6, 6.07) is 0. The molecule has 8 heteroatoms. The average Bonchev–Trinajstić information content (AvgIpc) is 2.70. The first-order chi connectivity index (χ1) is 8.13. The predicted octanol–water partition coefficient (Wildman–Crippen LogP) is 0.907. The molecule has 0 saturated carbocycles. The fourth-order valence-electron chi connectivity index (χ4n) is 1.25. The van der Waals surface area contributed by atoms with Gasteiger partial charge in [0.2, 0.25) is 5.16 Å². The number of rotatable bonds is 4. The van der Waals surface area contributed by atoms with E-state index in [4.69, 9.17) is 10.8 Å². The molecule has 2 aromatic rings. The maximum Gasteiger partial charge on any atom is 0.341 e. The van der Waals surface area contributed by atoms with E-state index in [1.807, 2.05) is 0 Å². The van der Waals surface area contributed by atoms with Gasteiger partial charge in [-0.2, -0.15) is 9.50 Å². The Bertz CT molecular complexity index is 568. The van der Waals surface area contributed by atoms with Crippen molar-refractivity contribution in [2.45, 2.75) is 18.5 Å². The molecule has 0 aliphatic heterocycles. The lowest BCUT2D eigenvalue weighted by Crippen LogP contribution is -2.09. The zero-order valence-corrected chi connectivity index (χ0v) is 9.94. The van der Waals surface area contributed by atoms with Crippen LogP contribution >= 0.6 is 11.8 Å². The molecule has 0 saturated heterocycles. The second kappa shape index (κ2) is 4.58. The Hall–Kier alpha value is -1.83. The molecule has 3 N–H and O–H groups in total. The summed E-state index contributed by atoms with van der Waals surface area (Å²) in [6.45, 7) is 2.05. The van der Waals surface area contributed by atoms with Crippen molar-refractivity contribution in [3.8, 4) is 0 Å². The summed E-state index contributed by atoms with van der Waals surface area (Å²) in [6.07, 6.45) is 2.19. The summed E-state index contributed by atoms with van der Waals surface area (Å²) >= 11 is 1.48. The van der Waals surface area contributed by atoms with E-state index in [1.165, 1.54) is 22.5 Å². The van der Waals surface area contributed by atoms with E-state index >= 15 is 0 Å². The fourth-order valence-corrected chi connectivity index (χ4v) is 1.92. The number of carboxylic acids is 1. The van der Waals surface area contributed by atoms with Crippen LogP contribution in [0.5, 0.6) is 0 Å². The van der Waals surface area contributed by atoms with Crippen molar-refractivity contribution in [1.82, 2.24) is 19.6 Å². The Morgan fingerprint density at radius 3 is 3.06 bits per heavy atom. The van der Waals surface area contributed by atoms with Crippen molar-refractivity contribution < 1.29 is 9.90 Å². The number of anilines is 1. The SMILES string of the molecule is CCCSc1nc2ncc(C(=O)O)c(N)n2n1. The highest BCUT2D eigenvalue weighted by atomic mass is 32.2. The lowest BCUT2D eigenvalue weighted by molar-refractivity contribution is 0.0697. The second-order valence-electron chi connectivity index (χ2n) is 3.32. The summed E-state index contributed by atoms with van der Waals surface area (Å²) in [5.41, 5.74) is 5.62. The minimum Gasteiger partial charge on any atom is -0.477 e. The second-order valence-corrected chi connectivity index (χ2v) is 4.38. The Labute approximate surface area is 101 Å². The van der Waals surface area contributed by atoms with E-state index in [1.54, 1.807) is 0 Å². The number of thioether (sulfide) groups is 1. The Balaban J connectivity index is 2.46. The third-order valence-corrected chi connectivity index (χ3v) is 3.09. The zero-order chi connectivity index (χ0) is 12.4. The lowest BCUT2D eigenvalue weighted by Gasteiger charge is -2.00. The van der Waals surface area contributed by atoms with Gasteiger partial charge in [0.05, 0.1) is 0 Å².